The van der Waals surface area contributed by atoms with Gasteiger partial charge in [-0.05, 0) is 46.3 Å². The lowest BCUT2D eigenvalue weighted by molar-refractivity contribution is -0.152. The van der Waals surface area contributed by atoms with Crippen LogP contribution >= 0.6 is 0 Å². The number of cyclic esters (lactones) is 1. The monoisotopic (exact) mass is 621 g/mol. The van der Waals surface area contributed by atoms with Crippen molar-refractivity contribution in [2.75, 3.05) is 19.7 Å². The van der Waals surface area contributed by atoms with Gasteiger partial charge in [0.05, 0.1) is 19.3 Å². The lowest BCUT2D eigenvalue weighted by atomic mass is 9.60. The highest BCUT2D eigenvalue weighted by molar-refractivity contribution is 6.99. The largest absolute Gasteiger partial charge is 0.409 e. The van der Waals surface area contributed by atoms with Crippen LogP contribution in [0.2, 0.25) is 5.04 Å². The quantitative estimate of drug-likeness (QED) is 0.147. The molecule has 45 heavy (non-hydrogen) atoms. The molecular formula is C39H47NO4Si. The molecule has 1 saturated heterocycles. The maximum Gasteiger partial charge on any atom is 0.325 e. The van der Waals surface area contributed by atoms with Crippen LogP contribution < -0.4 is 10.4 Å². The van der Waals surface area contributed by atoms with Gasteiger partial charge in [0.2, 0.25) is 5.88 Å². The van der Waals surface area contributed by atoms with Crippen LogP contribution in [-0.4, -0.2) is 45.0 Å². The summed E-state index contributed by atoms with van der Waals surface area (Å²) in [6.07, 6.45) is 3.88. The van der Waals surface area contributed by atoms with Crippen LogP contribution in [0.5, 0.6) is 0 Å². The Morgan fingerprint density at radius 2 is 1.36 bits per heavy atom. The van der Waals surface area contributed by atoms with Crippen LogP contribution in [0.1, 0.15) is 59.9 Å². The average molecular weight is 622 g/mol. The molecular weight excluding hydrogens is 575 g/mol. The summed E-state index contributed by atoms with van der Waals surface area (Å²) in [6.45, 7) is 16.0. The zero-order valence-corrected chi connectivity index (χ0v) is 28.6. The number of nitrogens with zero attached hydrogens (tertiary/aromatic N) is 1. The van der Waals surface area contributed by atoms with Crippen molar-refractivity contribution in [1.29, 1.82) is 0 Å². The van der Waals surface area contributed by atoms with E-state index in [9.17, 15) is 4.79 Å². The minimum absolute atomic E-state index is 0.154. The molecule has 1 fully saturated rings. The summed E-state index contributed by atoms with van der Waals surface area (Å²) in [4.78, 5) is 16.2. The second kappa shape index (κ2) is 12.0. The van der Waals surface area contributed by atoms with Crippen LogP contribution in [0.25, 0.3) is 0 Å². The number of ether oxygens (including phenoxy) is 2. The van der Waals surface area contributed by atoms with Gasteiger partial charge in [0.15, 0.2) is 0 Å². The molecule has 3 aliphatic rings. The van der Waals surface area contributed by atoms with Crippen molar-refractivity contribution >= 4 is 24.7 Å². The summed E-state index contributed by atoms with van der Waals surface area (Å²) < 4.78 is 20.4. The number of likely N-dealkylation sites (tertiary alicyclic amines) is 1. The molecule has 1 aliphatic carbocycles. The standard InChI is InChI=1S/C39H47NO4Si/c1-37(2,3)45(31-20-12-8-13-21-31,32-22-14-9-15-23-32)43-28-30-26-33(42-27-29-18-10-7-11-19-29)39(6)34(38(30,4)5)35(44-36(39)41)40-24-16-17-25-40/h7-15,18-23,26,33H,16-17,24-25,27-28H2,1-6H3/t33-,39-/m0/s1. The van der Waals surface area contributed by atoms with Gasteiger partial charge in [-0.25, -0.2) is 0 Å². The maximum atomic E-state index is 13.9. The predicted molar refractivity (Wildman–Crippen MR) is 182 cm³/mol. The molecule has 3 aromatic rings. The van der Waals surface area contributed by atoms with E-state index in [2.05, 4.69) is 118 Å². The predicted octanol–water partition coefficient (Wildman–Crippen LogP) is 6.99. The number of fused-ring (bicyclic) bond motifs is 1. The molecule has 0 radical (unpaired) electrons. The van der Waals surface area contributed by atoms with Crippen LogP contribution in [0.3, 0.4) is 0 Å². The summed E-state index contributed by atoms with van der Waals surface area (Å²) in [5.74, 6) is 0.503. The van der Waals surface area contributed by atoms with E-state index in [0.29, 0.717) is 13.2 Å². The fourth-order valence-corrected chi connectivity index (χ4v) is 12.3. The summed E-state index contributed by atoms with van der Waals surface area (Å²) in [5, 5.41) is 2.34. The molecule has 0 N–H and O–H groups in total. The summed E-state index contributed by atoms with van der Waals surface area (Å²) in [5.41, 5.74) is 1.79. The topological polar surface area (TPSA) is 48.0 Å². The highest BCUT2D eigenvalue weighted by atomic mass is 28.4. The molecule has 0 unspecified atom stereocenters. The van der Waals surface area contributed by atoms with Gasteiger partial charge in [0.25, 0.3) is 8.32 Å². The van der Waals surface area contributed by atoms with Crippen molar-refractivity contribution in [3.63, 3.8) is 0 Å². The van der Waals surface area contributed by atoms with Gasteiger partial charge in [-0.3, -0.25) is 4.79 Å². The minimum Gasteiger partial charge on any atom is -0.409 e. The molecule has 0 amide bonds. The first kappa shape index (κ1) is 31.5. The fourth-order valence-electron chi connectivity index (χ4n) is 7.76. The normalized spacial score (nSPS) is 23.2. The lowest BCUT2D eigenvalue weighted by Gasteiger charge is -2.47. The second-order valence-corrected chi connectivity index (χ2v) is 18.8. The zero-order valence-electron chi connectivity index (χ0n) is 27.6. The Morgan fingerprint density at radius 3 is 1.89 bits per heavy atom. The number of benzene rings is 3. The molecule has 2 atom stereocenters. The smallest absolute Gasteiger partial charge is 0.325 e. The number of carbonyl (C=O) groups excluding carboxylic acids is 1. The maximum absolute atomic E-state index is 13.9. The van der Waals surface area contributed by atoms with Gasteiger partial charge in [-0.1, -0.05) is 132 Å². The number of esters is 1. The number of rotatable bonds is 9. The van der Waals surface area contributed by atoms with E-state index in [1.807, 2.05) is 25.1 Å². The molecule has 0 aromatic heterocycles. The Kier molecular flexibility index (Phi) is 8.44. The van der Waals surface area contributed by atoms with Crippen molar-refractivity contribution in [1.82, 2.24) is 4.90 Å². The number of hydrogen-bond donors (Lipinski definition) is 0. The third-order valence-corrected chi connectivity index (χ3v) is 15.2. The second-order valence-electron chi connectivity index (χ2n) is 14.5. The number of hydrogen-bond acceptors (Lipinski definition) is 5. The third kappa shape index (κ3) is 5.41. The van der Waals surface area contributed by atoms with Crippen molar-refractivity contribution in [2.24, 2.45) is 10.8 Å². The van der Waals surface area contributed by atoms with Crippen molar-refractivity contribution in [3.8, 4) is 0 Å². The molecule has 236 valence electrons. The van der Waals surface area contributed by atoms with E-state index in [0.717, 1.165) is 48.5 Å². The Bertz CT molecular complexity index is 1530. The molecule has 0 spiro atoms. The van der Waals surface area contributed by atoms with Crippen LogP contribution in [0.4, 0.5) is 0 Å². The van der Waals surface area contributed by atoms with Gasteiger partial charge in [-0.15, -0.1) is 0 Å². The Morgan fingerprint density at radius 1 is 0.822 bits per heavy atom. The van der Waals surface area contributed by atoms with Crippen molar-refractivity contribution < 1.29 is 18.7 Å². The number of carbonyl (C=O) groups is 1. The first-order valence-electron chi connectivity index (χ1n) is 16.3. The van der Waals surface area contributed by atoms with Crippen molar-refractivity contribution in [2.45, 2.75) is 72.1 Å². The third-order valence-electron chi connectivity index (χ3n) is 10.2. The van der Waals surface area contributed by atoms with E-state index in [4.69, 9.17) is 13.9 Å². The van der Waals surface area contributed by atoms with Crippen LogP contribution in [0.15, 0.2) is 114 Å². The van der Waals surface area contributed by atoms with Crippen LogP contribution in [-0.2, 0) is 25.3 Å². The minimum atomic E-state index is -2.80. The van der Waals surface area contributed by atoms with E-state index in [1.165, 1.54) is 10.4 Å². The summed E-state index contributed by atoms with van der Waals surface area (Å²) in [7, 11) is -2.80. The molecule has 2 heterocycles. The Hall–Kier alpha value is -3.45. The lowest BCUT2D eigenvalue weighted by Crippen LogP contribution is -2.67. The average Bonchev–Trinajstić information content (AvgIpc) is 3.66. The van der Waals surface area contributed by atoms with Gasteiger partial charge < -0.3 is 18.8 Å². The Labute approximate surface area is 270 Å². The summed E-state index contributed by atoms with van der Waals surface area (Å²) in [6, 6.07) is 31.7. The van der Waals surface area contributed by atoms with Gasteiger partial charge >= 0.3 is 5.97 Å². The van der Waals surface area contributed by atoms with E-state index in [1.54, 1.807) is 0 Å². The Balaban J connectivity index is 1.46. The summed E-state index contributed by atoms with van der Waals surface area (Å²) >= 11 is 0. The van der Waals surface area contributed by atoms with E-state index >= 15 is 0 Å². The molecule has 0 bridgehead atoms. The first-order valence-corrected chi connectivity index (χ1v) is 18.2. The molecule has 0 saturated carbocycles. The van der Waals surface area contributed by atoms with Crippen molar-refractivity contribution in [3.05, 3.63) is 120 Å². The van der Waals surface area contributed by atoms with Crippen LogP contribution in [0, 0.1) is 10.8 Å². The highest BCUT2D eigenvalue weighted by Crippen LogP contribution is 2.58. The van der Waals surface area contributed by atoms with E-state index < -0.39 is 25.3 Å². The van der Waals surface area contributed by atoms with Gasteiger partial charge in [0.1, 0.15) is 5.41 Å². The molecule has 2 aliphatic heterocycles. The van der Waals surface area contributed by atoms with Gasteiger partial charge in [-0.2, -0.15) is 0 Å². The molecule has 6 rings (SSSR count). The van der Waals surface area contributed by atoms with Gasteiger partial charge in [0, 0.05) is 24.1 Å². The molecule has 3 aromatic carbocycles. The molecule has 5 nitrogen and oxygen atoms in total. The fraction of sp³-hybridized carbons (Fsp3) is 0.410. The zero-order chi connectivity index (χ0) is 31.9. The highest BCUT2D eigenvalue weighted by Gasteiger charge is 2.61. The SMILES string of the molecule is CC1(C)C(CO[Si](c2ccccc2)(c2ccccc2)C(C)(C)C)=C[C@H](OCc2ccccc2)[C@]2(C)C(=O)OC(N3CCCC3)=C12. The first-order chi connectivity index (χ1) is 21.5. The molecule has 6 heteroatoms. The van der Waals surface area contributed by atoms with E-state index in [-0.39, 0.29) is 11.0 Å².